The van der Waals surface area contributed by atoms with Crippen molar-refractivity contribution in [2.45, 2.75) is 49.4 Å². The van der Waals surface area contributed by atoms with E-state index in [1.54, 1.807) is 0 Å². The lowest BCUT2D eigenvalue weighted by atomic mass is 9.42. The summed E-state index contributed by atoms with van der Waals surface area (Å²) in [7, 11) is 0. The van der Waals surface area contributed by atoms with Crippen molar-refractivity contribution in [2.24, 2.45) is 11.8 Å². The van der Waals surface area contributed by atoms with Gasteiger partial charge in [0.15, 0.2) is 0 Å². The third-order valence-electron chi connectivity index (χ3n) is 9.56. The molecular formula is C31H29N3O4. The lowest BCUT2D eigenvalue weighted by Gasteiger charge is -2.62. The summed E-state index contributed by atoms with van der Waals surface area (Å²) >= 11 is 0. The molecule has 0 radical (unpaired) electrons. The normalized spacial score (nSPS) is 29.0. The van der Waals surface area contributed by atoms with Gasteiger partial charge in [-0.2, -0.15) is 0 Å². The smallest absolute Gasteiger partial charge is 0.282 e. The first kappa shape index (κ1) is 23.1. The first-order valence-corrected chi connectivity index (χ1v) is 13.4. The molecule has 4 saturated carbocycles. The Labute approximate surface area is 221 Å². The molecule has 0 aromatic heterocycles. The monoisotopic (exact) mass is 507 g/mol. The zero-order valence-electron chi connectivity index (χ0n) is 21.1. The van der Waals surface area contributed by atoms with Gasteiger partial charge in [0.1, 0.15) is 5.56 Å². The molecule has 3 aromatic carbocycles. The van der Waals surface area contributed by atoms with E-state index in [1.807, 2.05) is 12.1 Å². The SMILES string of the molecule is O=C1c2cccc([N+](=O)[O-])c2C(=O)N1CNc1ccc(C23CC4CC(CC(c5ccccc5)(C4)C2)C3)cc1. The molecule has 2 atom stereocenters. The number of nitro groups is 1. The average molecular weight is 508 g/mol. The fourth-order valence-corrected chi connectivity index (χ4v) is 8.45. The Hall–Kier alpha value is -4.00. The summed E-state index contributed by atoms with van der Waals surface area (Å²) in [5, 5.41) is 14.5. The molecule has 0 spiro atoms. The predicted molar refractivity (Wildman–Crippen MR) is 143 cm³/mol. The molecular weight excluding hydrogens is 478 g/mol. The predicted octanol–water partition coefficient (Wildman–Crippen LogP) is 6.05. The molecule has 8 rings (SSSR count). The Kier molecular flexibility index (Phi) is 5.02. The number of amides is 2. The molecule has 2 unspecified atom stereocenters. The topological polar surface area (TPSA) is 92.5 Å². The maximum atomic E-state index is 12.9. The van der Waals surface area contributed by atoms with Crippen LogP contribution in [-0.4, -0.2) is 28.3 Å². The minimum Gasteiger partial charge on any atom is -0.367 e. The molecule has 1 aliphatic heterocycles. The van der Waals surface area contributed by atoms with Gasteiger partial charge >= 0.3 is 0 Å². The largest absolute Gasteiger partial charge is 0.367 e. The molecule has 3 aromatic rings. The molecule has 38 heavy (non-hydrogen) atoms. The van der Waals surface area contributed by atoms with Gasteiger partial charge in [0.25, 0.3) is 17.5 Å². The maximum absolute atomic E-state index is 12.9. The van der Waals surface area contributed by atoms with Crippen LogP contribution in [0.2, 0.25) is 0 Å². The lowest BCUT2D eigenvalue weighted by molar-refractivity contribution is -0.385. The van der Waals surface area contributed by atoms with Crippen molar-refractivity contribution in [2.75, 3.05) is 12.0 Å². The number of hydrogen-bond donors (Lipinski definition) is 1. The molecule has 4 bridgehead atoms. The van der Waals surface area contributed by atoms with E-state index in [4.69, 9.17) is 0 Å². The van der Waals surface area contributed by atoms with E-state index >= 15 is 0 Å². The van der Waals surface area contributed by atoms with Crippen LogP contribution in [0.3, 0.4) is 0 Å². The van der Waals surface area contributed by atoms with E-state index in [0.29, 0.717) is 0 Å². The Bertz CT molecular complexity index is 1450. The zero-order chi connectivity index (χ0) is 26.1. The Morgan fingerprint density at radius 2 is 1.45 bits per heavy atom. The number of hydrogen-bond acceptors (Lipinski definition) is 5. The van der Waals surface area contributed by atoms with E-state index in [9.17, 15) is 19.7 Å². The van der Waals surface area contributed by atoms with Crippen LogP contribution in [0.25, 0.3) is 0 Å². The third-order valence-corrected chi connectivity index (χ3v) is 9.56. The Morgan fingerprint density at radius 1 is 0.816 bits per heavy atom. The van der Waals surface area contributed by atoms with Crippen molar-refractivity contribution in [3.8, 4) is 0 Å². The molecule has 7 heteroatoms. The number of nitrogens with one attached hydrogen (secondary N) is 1. The number of carbonyl (C=O) groups is 2. The molecule has 2 amide bonds. The highest BCUT2D eigenvalue weighted by atomic mass is 16.6. The van der Waals surface area contributed by atoms with Crippen molar-refractivity contribution in [1.29, 1.82) is 0 Å². The average Bonchev–Trinajstić information content (AvgIpc) is 3.16. The fraction of sp³-hybridized carbons (Fsp3) is 0.355. The number of benzene rings is 3. The summed E-state index contributed by atoms with van der Waals surface area (Å²) in [6.45, 7) is -0.0464. The van der Waals surface area contributed by atoms with Gasteiger partial charge in [-0.05, 0) is 90.5 Å². The van der Waals surface area contributed by atoms with Crippen LogP contribution in [-0.2, 0) is 10.8 Å². The van der Waals surface area contributed by atoms with E-state index in [2.05, 4.69) is 47.8 Å². The van der Waals surface area contributed by atoms with E-state index in [-0.39, 0.29) is 34.3 Å². The second kappa shape index (κ2) is 8.25. The van der Waals surface area contributed by atoms with Gasteiger partial charge in [-0.1, -0.05) is 48.5 Å². The van der Waals surface area contributed by atoms with Gasteiger partial charge in [-0.3, -0.25) is 24.6 Å². The van der Waals surface area contributed by atoms with Gasteiger partial charge in [-0.25, -0.2) is 0 Å². The van der Waals surface area contributed by atoms with Gasteiger partial charge in [0.05, 0.1) is 17.2 Å². The van der Waals surface area contributed by atoms with Crippen molar-refractivity contribution in [3.63, 3.8) is 0 Å². The summed E-state index contributed by atoms with van der Waals surface area (Å²) < 4.78 is 0. The molecule has 1 heterocycles. The molecule has 192 valence electrons. The highest BCUT2D eigenvalue weighted by Crippen LogP contribution is 2.66. The first-order chi connectivity index (χ1) is 18.4. The molecule has 5 aliphatic rings. The summed E-state index contributed by atoms with van der Waals surface area (Å²) in [6.07, 6.45) is 7.64. The summed E-state index contributed by atoms with van der Waals surface area (Å²) in [4.78, 5) is 37.5. The Morgan fingerprint density at radius 3 is 2.08 bits per heavy atom. The minimum atomic E-state index is -0.638. The number of fused-ring (bicyclic) bond motifs is 1. The van der Waals surface area contributed by atoms with Crippen molar-refractivity contribution >= 4 is 23.2 Å². The molecule has 0 saturated heterocycles. The standard InChI is InChI=1S/C31H29N3O4/c35-28-25-7-4-8-26(34(37)38)27(25)29(36)33(28)19-32-24-11-9-23(10-12-24)31-16-20-13-21(17-31)15-30(14-20,18-31)22-5-2-1-3-6-22/h1-12,20-21,32H,13-19H2. The molecule has 4 fully saturated rings. The number of carbonyl (C=O) groups excluding carboxylic acids is 2. The summed E-state index contributed by atoms with van der Waals surface area (Å²) in [5.41, 5.74) is 3.77. The van der Waals surface area contributed by atoms with Crippen LogP contribution in [0.4, 0.5) is 11.4 Å². The van der Waals surface area contributed by atoms with Crippen molar-refractivity contribution in [1.82, 2.24) is 4.90 Å². The van der Waals surface area contributed by atoms with Crippen LogP contribution in [0.1, 0.15) is 70.4 Å². The molecule has 4 aliphatic carbocycles. The number of nitrogens with zero attached hydrogens (tertiary/aromatic N) is 2. The second-order valence-corrected chi connectivity index (χ2v) is 11.8. The van der Waals surface area contributed by atoms with Gasteiger partial charge in [-0.15, -0.1) is 0 Å². The highest BCUT2D eigenvalue weighted by molar-refractivity contribution is 6.23. The second-order valence-electron chi connectivity index (χ2n) is 11.8. The maximum Gasteiger partial charge on any atom is 0.282 e. The number of anilines is 1. The van der Waals surface area contributed by atoms with Crippen LogP contribution in [0.5, 0.6) is 0 Å². The van der Waals surface area contributed by atoms with E-state index < -0.39 is 16.7 Å². The lowest BCUT2D eigenvalue weighted by Crippen LogP contribution is -2.55. The molecule has 1 N–H and O–H groups in total. The summed E-state index contributed by atoms with van der Waals surface area (Å²) in [5.74, 6) is 0.387. The van der Waals surface area contributed by atoms with E-state index in [1.165, 1.54) is 67.9 Å². The van der Waals surface area contributed by atoms with Gasteiger partial charge < -0.3 is 5.32 Å². The quantitative estimate of drug-likeness (QED) is 0.249. The molecule has 7 nitrogen and oxygen atoms in total. The van der Waals surface area contributed by atoms with Crippen LogP contribution in [0, 0.1) is 22.0 Å². The van der Waals surface area contributed by atoms with Crippen LogP contribution < -0.4 is 5.32 Å². The van der Waals surface area contributed by atoms with Gasteiger partial charge in [0, 0.05) is 11.8 Å². The zero-order valence-corrected chi connectivity index (χ0v) is 21.1. The fourth-order valence-electron chi connectivity index (χ4n) is 8.45. The first-order valence-electron chi connectivity index (χ1n) is 13.4. The number of imide groups is 1. The number of nitro benzene ring substituents is 1. The highest BCUT2D eigenvalue weighted by Gasteiger charge is 2.58. The number of rotatable bonds is 6. The van der Waals surface area contributed by atoms with Crippen LogP contribution in [0.15, 0.2) is 72.8 Å². The Balaban J connectivity index is 1.10. The van der Waals surface area contributed by atoms with E-state index in [0.717, 1.165) is 22.4 Å². The summed E-state index contributed by atoms with van der Waals surface area (Å²) in [6, 6.07) is 23.7. The van der Waals surface area contributed by atoms with Crippen LogP contribution >= 0.6 is 0 Å². The van der Waals surface area contributed by atoms with Crippen molar-refractivity contribution in [3.05, 3.63) is 105 Å². The van der Waals surface area contributed by atoms with Gasteiger partial charge in [0.2, 0.25) is 0 Å². The third kappa shape index (κ3) is 3.41. The van der Waals surface area contributed by atoms with Crippen molar-refractivity contribution < 1.29 is 14.5 Å². The minimum absolute atomic E-state index is 0.0464.